The highest BCUT2D eigenvalue weighted by Gasteiger charge is 2.48. The number of nitrogen functional groups attached to an aromatic ring is 1. The molecule has 27 heteroatoms. The lowest BCUT2D eigenvalue weighted by molar-refractivity contribution is -0.0504. The fourth-order valence-electron chi connectivity index (χ4n) is 4.65. The highest BCUT2D eigenvalue weighted by molar-refractivity contribution is 7.66. The van der Waals surface area contributed by atoms with Crippen LogP contribution in [0.15, 0.2) is 28.4 Å². The van der Waals surface area contributed by atoms with Crippen molar-refractivity contribution >= 4 is 40.4 Å². The van der Waals surface area contributed by atoms with E-state index in [-0.39, 0.29) is 29.0 Å². The van der Waals surface area contributed by atoms with Gasteiger partial charge in [-0.05, 0) is 6.92 Å². The van der Waals surface area contributed by atoms with Gasteiger partial charge in [-0.1, -0.05) is 0 Å². The lowest BCUT2D eigenvalue weighted by atomic mass is 10.1. The molecule has 3 aromatic rings. The Balaban J connectivity index is 1.14. The van der Waals surface area contributed by atoms with Gasteiger partial charge in [0.25, 0.3) is 5.56 Å². The van der Waals surface area contributed by atoms with E-state index in [1.54, 1.807) is 0 Å². The Labute approximate surface area is 261 Å². The monoisotopic (exact) mass is 731 g/mol. The third-order valence-electron chi connectivity index (χ3n) is 6.88. The number of H-pyrrole nitrogens is 1. The number of aromatic amines is 1. The van der Waals surface area contributed by atoms with Crippen molar-refractivity contribution in [2.45, 2.75) is 56.3 Å². The number of hydrogen-bond donors (Lipinski definition) is 8. The number of hydrogen-bond acceptors (Lipinski definition) is 18. The van der Waals surface area contributed by atoms with Gasteiger partial charge in [0.05, 0.1) is 25.6 Å². The van der Waals surface area contributed by atoms with Crippen molar-refractivity contribution < 1.29 is 70.8 Å². The van der Waals surface area contributed by atoms with Crippen LogP contribution in [0, 0.1) is 6.92 Å². The van der Waals surface area contributed by atoms with Gasteiger partial charge in [-0.2, -0.15) is 8.62 Å². The van der Waals surface area contributed by atoms with E-state index < -0.39 is 90.9 Å². The average molecular weight is 731 g/mol. The number of phosphoric acid groups is 3. The van der Waals surface area contributed by atoms with Gasteiger partial charge < -0.3 is 45.2 Å². The lowest BCUT2D eigenvalue weighted by Gasteiger charge is -2.21. The Bertz CT molecular complexity index is 1900. The SMILES string of the molecule is Cc1cn([C@H]2C[C@H](O)[C@@H](COP(=O)(O)OP(=O)(O)OP(=O)(O)OC[C@H]3O[C@@H](n4cnc5c(N)ncnc54)[C@H](O)[C@@H]3O)O2)c(=O)[nH]c1=O. The third-order valence-corrected chi connectivity index (χ3v) is 11.1. The predicted octanol–water partition coefficient (Wildman–Crippen LogP) is -2.10. The lowest BCUT2D eigenvalue weighted by Crippen LogP contribution is -2.33. The van der Waals surface area contributed by atoms with Crippen molar-refractivity contribution in [1.29, 1.82) is 0 Å². The molecule has 0 radical (unpaired) electrons. The molecular formula is C20H28N7O17P3. The summed E-state index contributed by atoms with van der Waals surface area (Å²) in [5.41, 5.74) is 4.65. The number of fused-ring (bicyclic) bond motifs is 1. The molecule has 2 aliphatic rings. The highest BCUT2D eigenvalue weighted by atomic mass is 31.3. The zero-order valence-corrected chi connectivity index (χ0v) is 26.4. The van der Waals surface area contributed by atoms with Crippen LogP contribution >= 0.6 is 23.5 Å². The first-order valence-electron chi connectivity index (χ1n) is 13.2. The van der Waals surface area contributed by atoms with Gasteiger partial charge in [0.1, 0.15) is 42.5 Å². The second kappa shape index (κ2) is 13.3. The van der Waals surface area contributed by atoms with Crippen LogP contribution in [-0.4, -0.2) is 103 Å². The van der Waals surface area contributed by atoms with Crippen molar-refractivity contribution in [2.75, 3.05) is 18.9 Å². The maximum Gasteiger partial charge on any atom is 0.490 e. The van der Waals surface area contributed by atoms with Gasteiger partial charge in [0.2, 0.25) is 0 Å². The van der Waals surface area contributed by atoms with Gasteiger partial charge in [-0.3, -0.25) is 28.0 Å². The average Bonchev–Trinajstić information content (AvgIpc) is 3.63. The van der Waals surface area contributed by atoms with E-state index in [0.717, 1.165) is 10.9 Å². The zero-order chi connectivity index (χ0) is 34.5. The Kier molecular flexibility index (Phi) is 10.0. The smallest absolute Gasteiger partial charge is 0.390 e. The van der Waals surface area contributed by atoms with Crippen LogP contribution < -0.4 is 17.0 Å². The number of phosphoric ester groups is 2. The number of nitrogens with one attached hydrogen (secondary N) is 1. The molecule has 2 fully saturated rings. The van der Waals surface area contributed by atoms with Crippen LogP contribution in [-0.2, 0) is 40.8 Å². The Hall–Kier alpha value is -2.76. The summed E-state index contributed by atoms with van der Waals surface area (Å²) in [5.74, 6) is 0.0160. The summed E-state index contributed by atoms with van der Waals surface area (Å²) in [4.78, 5) is 67.2. The van der Waals surface area contributed by atoms with Crippen LogP contribution in [0.25, 0.3) is 11.2 Å². The first kappa shape index (κ1) is 35.5. The van der Waals surface area contributed by atoms with E-state index in [2.05, 4.69) is 32.6 Å². The zero-order valence-electron chi connectivity index (χ0n) is 23.7. The molecular weight excluding hydrogens is 703 g/mol. The third kappa shape index (κ3) is 7.94. The first-order valence-corrected chi connectivity index (χ1v) is 17.7. The minimum atomic E-state index is -5.91. The van der Waals surface area contributed by atoms with E-state index in [1.165, 1.54) is 24.0 Å². The number of rotatable bonds is 12. The number of aliphatic hydroxyl groups is 3. The topological polar surface area (TPSA) is 352 Å². The summed E-state index contributed by atoms with van der Waals surface area (Å²) in [6.07, 6.45) is -6.91. The summed E-state index contributed by atoms with van der Waals surface area (Å²) < 4.78 is 67.3. The number of nitrogens with zero attached hydrogens (tertiary/aromatic N) is 5. The fraction of sp³-hybridized carbons (Fsp3) is 0.550. The second-order valence-electron chi connectivity index (χ2n) is 10.2. The molecule has 47 heavy (non-hydrogen) atoms. The molecule has 9 N–H and O–H groups in total. The normalized spacial score (nSPS) is 30.2. The molecule has 3 aromatic heterocycles. The quantitative estimate of drug-likeness (QED) is 0.0925. The standard InChI is InChI=1S/C20H28N7O17P3/c1-8-3-26(20(32)25-18(8)31)12-2-9(28)10(41-12)4-39-45(33,34)43-47(37,38)44-46(35,36)40-5-11-14(29)15(30)19(42-11)27-7-24-13-16(21)22-6-23-17(13)27/h3,6-7,9-12,14-15,19,28-30H,2,4-5H2,1H3,(H,33,34)(H,35,36)(H,37,38)(H2,21,22,23)(H,25,31,32)/t9-,10+,11+,12+,14+,15+,19+/m0/s1. The molecule has 2 saturated heterocycles. The minimum Gasteiger partial charge on any atom is -0.390 e. The van der Waals surface area contributed by atoms with Gasteiger partial charge >= 0.3 is 29.2 Å². The van der Waals surface area contributed by atoms with Crippen molar-refractivity contribution in [3.8, 4) is 0 Å². The number of aryl methyl sites for hydroxylation is 1. The Morgan fingerprint density at radius 3 is 2.23 bits per heavy atom. The van der Waals surface area contributed by atoms with Gasteiger partial charge in [0.15, 0.2) is 17.7 Å². The van der Waals surface area contributed by atoms with Gasteiger partial charge in [0, 0.05) is 18.2 Å². The van der Waals surface area contributed by atoms with Crippen LogP contribution in [0.5, 0.6) is 0 Å². The minimum absolute atomic E-state index is 0.0160. The predicted molar refractivity (Wildman–Crippen MR) is 150 cm³/mol. The molecule has 260 valence electrons. The fourth-order valence-corrected chi connectivity index (χ4v) is 8.17. The molecule has 0 amide bonds. The van der Waals surface area contributed by atoms with E-state index in [4.69, 9.17) is 15.2 Å². The number of nitrogens with two attached hydrogens (primary N) is 1. The van der Waals surface area contributed by atoms with Crippen molar-refractivity contribution in [2.24, 2.45) is 0 Å². The first-order chi connectivity index (χ1) is 21.9. The molecule has 2 aliphatic heterocycles. The molecule has 5 rings (SSSR count). The molecule has 0 bridgehead atoms. The van der Waals surface area contributed by atoms with E-state index >= 15 is 0 Å². The summed E-state index contributed by atoms with van der Waals surface area (Å²) in [6, 6.07) is 0. The van der Waals surface area contributed by atoms with Crippen LogP contribution in [0.3, 0.4) is 0 Å². The summed E-state index contributed by atoms with van der Waals surface area (Å²) in [6.45, 7) is -0.550. The van der Waals surface area contributed by atoms with Crippen molar-refractivity contribution in [3.05, 3.63) is 45.3 Å². The molecule has 24 nitrogen and oxygen atoms in total. The highest BCUT2D eigenvalue weighted by Crippen LogP contribution is 2.67. The molecule has 0 saturated carbocycles. The maximum absolute atomic E-state index is 12.4. The molecule has 0 aliphatic carbocycles. The second-order valence-corrected chi connectivity index (χ2v) is 14.8. The number of aliphatic hydroxyl groups excluding tert-OH is 3. The number of anilines is 1. The van der Waals surface area contributed by atoms with Crippen LogP contribution in [0.4, 0.5) is 5.82 Å². The number of aromatic nitrogens is 6. The van der Waals surface area contributed by atoms with E-state index in [1.807, 2.05) is 4.98 Å². The maximum atomic E-state index is 12.4. The van der Waals surface area contributed by atoms with Crippen molar-refractivity contribution in [1.82, 2.24) is 29.1 Å². The molecule has 10 atom stereocenters. The Morgan fingerprint density at radius 2 is 1.57 bits per heavy atom. The molecule has 5 heterocycles. The van der Waals surface area contributed by atoms with E-state index in [0.29, 0.717) is 0 Å². The van der Waals surface area contributed by atoms with E-state index in [9.17, 15) is 53.3 Å². The van der Waals surface area contributed by atoms with Gasteiger partial charge in [-0.15, -0.1) is 0 Å². The summed E-state index contributed by atoms with van der Waals surface area (Å²) >= 11 is 0. The Morgan fingerprint density at radius 1 is 0.936 bits per heavy atom. The molecule has 3 unspecified atom stereocenters. The summed E-state index contributed by atoms with van der Waals surface area (Å²) in [5, 5.41) is 31.1. The number of imidazole rings is 1. The van der Waals surface area contributed by atoms with Crippen LogP contribution in [0.2, 0.25) is 0 Å². The number of ether oxygens (including phenoxy) is 2. The largest absolute Gasteiger partial charge is 0.490 e. The van der Waals surface area contributed by atoms with Crippen LogP contribution in [0.1, 0.15) is 24.4 Å². The molecule has 0 aromatic carbocycles. The van der Waals surface area contributed by atoms with Crippen molar-refractivity contribution in [3.63, 3.8) is 0 Å². The summed E-state index contributed by atoms with van der Waals surface area (Å²) in [7, 11) is -17.1. The molecule has 0 spiro atoms. The van der Waals surface area contributed by atoms with Gasteiger partial charge in [-0.25, -0.2) is 33.4 Å².